The fraction of sp³-hybridized carbons (Fsp3) is 0.300. The van der Waals surface area contributed by atoms with Crippen LogP contribution < -0.4 is 10.5 Å². The molecule has 0 saturated heterocycles. The molecule has 6 nitrogen and oxygen atoms in total. The minimum absolute atomic E-state index is 0.375. The summed E-state index contributed by atoms with van der Waals surface area (Å²) in [5.74, 6) is 1.46. The summed E-state index contributed by atoms with van der Waals surface area (Å²) < 4.78 is 7.17. The minimum atomic E-state index is 0.375. The van der Waals surface area contributed by atoms with Gasteiger partial charge in [-0.25, -0.2) is 4.98 Å². The summed E-state index contributed by atoms with van der Waals surface area (Å²) in [7, 11) is 1.82. The van der Waals surface area contributed by atoms with E-state index in [1.807, 2.05) is 19.2 Å². The molecule has 0 aliphatic rings. The third kappa shape index (κ3) is 2.34. The average Bonchev–Trinajstić information content (AvgIpc) is 2.73. The highest BCUT2D eigenvalue weighted by molar-refractivity contribution is 5.19. The molecule has 16 heavy (non-hydrogen) atoms. The van der Waals surface area contributed by atoms with Gasteiger partial charge in [0.15, 0.2) is 5.82 Å². The van der Waals surface area contributed by atoms with E-state index in [0.29, 0.717) is 18.9 Å². The van der Waals surface area contributed by atoms with Gasteiger partial charge >= 0.3 is 0 Å². The number of hydrogen-bond acceptors (Lipinski definition) is 5. The molecule has 0 unspecified atom stereocenters. The fourth-order valence-corrected chi connectivity index (χ4v) is 1.22. The maximum Gasteiger partial charge on any atom is 0.164 e. The second kappa shape index (κ2) is 4.71. The van der Waals surface area contributed by atoms with Crippen molar-refractivity contribution in [1.29, 1.82) is 0 Å². The largest absolute Gasteiger partial charge is 0.484 e. The Kier molecular flexibility index (Phi) is 3.11. The van der Waals surface area contributed by atoms with E-state index >= 15 is 0 Å². The molecule has 0 aliphatic carbocycles. The average molecular weight is 219 g/mol. The standard InChI is InChI=1S/C10H13N5O/c1-15-10(13-7-14-15)6-16-9-3-2-8(4-11)12-5-9/h2-3,5,7H,4,6,11H2,1H3. The molecular weight excluding hydrogens is 206 g/mol. The van der Waals surface area contributed by atoms with Crippen molar-refractivity contribution in [3.05, 3.63) is 36.2 Å². The zero-order valence-electron chi connectivity index (χ0n) is 9.00. The number of ether oxygens (including phenoxy) is 1. The van der Waals surface area contributed by atoms with Crippen LogP contribution >= 0.6 is 0 Å². The number of nitrogens with zero attached hydrogens (tertiary/aromatic N) is 4. The van der Waals surface area contributed by atoms with E-state index in [0.717, 1.165) is 11.5 Å². The highest BCUT2D eigenvalue weighted by atomic mass is 16.5. The first-order valence-corrected chi connectivity index (χ1v) is 4.90. The topological polar surface area (TPSA) is 78.8 Å². The number of hydrogen-bond donors (Lipinski definition) is 1. The molecule has 0 aromatic carbocycles. The zero-order valence-corrected chi connectivity index (χ0v) is 9.00. The fourth-order valence-electron chi connectivity index (χ4n) is 1.22. The van der Waals surface area contributed by atoms with E-state index in [1.165, 1.54) is 6.33 Å². The Labute approximate surface area is 93.1 Å². The number of aryl methyl sites for hydroxylation is 1. The van der Waals surface area contributed by atoms with Crippen molar-refractivity contribution in [3.8, 4) is 5.75 Å². The minimum Gasteiger partial charge on any atom is -0.484 e. The molecule has 6 heteroatoms. The Bertz CT molecular complexity index is 450. The molecule has 0 fully saturated rings. The van der Waals surface area contributed by atoms with Crippen LogP contribution in [-0.2, 0) is 20.2 Å². The van der Waals surface area contributed by atoms with Crippen LogP contribution in [0.1, 0.15) is 11.5 Å². The molecular formula is C10H13N5O. The maximum absolute atomic E-state index is 5.50. The van der Waals surface area contributed by atoms with Gasteiger partial charge in [0.2, 0.25) is 0 Å². The lowest BCUT2D eigenvalue weighted by Crippen LogP contribution is -2.05. The van der Waals surface area contributed by atoms with Gasteiger partial charge in [0, 0.05) is 13.6 Å². The van der Waals surface area contributed by atoms with E-state index in [-0.39, 0.29) is 0 Å². The first-order chi connectivity index (χ1) is 7.79. The number of nitrogens with two attached hydrogens (primary N) is 1. The Morgan fingerprint density at radius 3 is 2.81 bits per heavy atom. The highest BCUT2D eigenvalue weighted by Gasteiger charge is 2.01. The summed E-state index contributed by atoms with van der Waals surface area (Å²) in [6.07, 6.45) is 3.15. The lowest BCUT2D eigenvalue weighted by molar-refractivity contribution is 0.288. The van der Waals surface area contributed by atoms with E-state index in [4.69, 9.17) is 10.5 Å². The van der Waals surface area contributed by atoms with Crippen LogP contribution in [0.4, 0.5) is 0 Å². The van der Waals surface area contributed by atoms with Crippen LogP contribution in [0.5, 0.6) is 5.75 Å². The molecule has 0 radical (unpaired) electrons. The van der Waals surface area contributed by atoms with Crippen LogP contribution in [0.15, 0.2) is 24.7 Å². The highest BCUT2D eigenvalue weighted by Crippen LogP contribution is 2.10. The maximum atomic E-state index is 5.50. The molecule has 84 valence electrons. The molecule has 2 aromatic rings. The Morgan fingerprint density at radius 1 is 1.38 bits per heavy atom. The van der Waals surface area contributed by atoms with Crippen LogP contribution in [0.3, 0.4) is 0 Å². The summed E-state index contributed by atoms with van der Waals surface area (Å²) in [5.41, 5.74) is 6.28. The van der Waals surface area contributed by atoms with E-state index in [1.54, 1.807) is 10.9 Å². The van der Waals surface area contributed by atoms with Gasteiger partial charge in [0.1, 0.15) is 18.7 Å². The summed E-state index contributed by atoms with van der Waals surface area (Å²) in [6, 6.07) is 3.68. The van der Waals surface area contributed by atoms with E-state index in [9.17, 15) is 0 Å². The normalized spacial score (nSPS) is 10.4. The summed E-state index contributed by atoms with van der Waals surface area (Å²) >= 11 is 0. The van der Waals surface area contributed by atoms with Crippen LogP contribution in [0, 0.1) is 0 Å². The molecule has 0 amide bonds. The van der Waals surface area contributed by atoms with Crippen LogP contribution in [0.2, 0.25) is 0 Å². The Morgan fingerprint density at radius 2 is 2.25 bits per heavy atom. The van der Waals surface area contributed by atoms with Crippen molar-refractivity contribution in [2.75, 3.05) is 0 Å². The van der Waals surface area contributed by atoms with Gasteiger partial charge in [0.25, 0.3) is 0 Å². The molecule has 0 spiro atoms. The van der Waals surface area contributed by atoms with Crippen molar-refractivity contribution in [3.63, 3.8) is 0 Å². The summed E-state index contributed by atoms with van der Waals surface area (Å²) in [4.78, 5) is 8.18. The summed E-state index contributed by atoms with van der Waals surface area (Å²) in [5, 5.41) is 3.95. The van der Waals surface area contributed by atoms with Gasteiger partial charge in [-0.05, 0) is 12.1 Å². The third-order valence-electron chi connectivity index (χ3n) is 2.18. The van der Waals surface area contributed by atoms with Gasteiger partial charge in [-0.2, -0.15) is 5.10 Å². The van der Waals surface area contributed by atoms with E-state index in [2.05, 4.69) is 15.1 Å². The smallest absolute Gasteiger partial charge is 0.164 e. The molecule has 2 aromatic heterocycles. The number of aromatic nitrogens is 4. The second-order valence-corrected chi connectivity index (χ2v) is 3.28. The summed E-state index contributed by atoms with van der Waals surface area (Å²) in [6.45, 7) is 0.809. The molecule has 0 saturated carbocycles. The molecule has 2 rings (SSSR count). The van der Waals surface area contributed by atoms with Crippen molar-refractivity contribution in [2.24, 2.45) is 12.8 Å². The Hall–Kier alpha value is -1.95. The predicted molar refractivity (Wildman–Crippen MR) is 57.5 cm³/mol. The molecule has 0 bridgehead atoms. The molecule has 0 atom stereocenters. The number of rotatable bonds is 4. The van der Waals surface area contributed by atoms with E-state index < -0.39 is 0 Å². The molecule has 2 heterocycles. The monoisotopic (exact) mass is 219 g/mol. The second-order valence-electron chi connectivity index (χ2n) is 3.28. The lowest BCUT2D eigenvalue weighted by Gasteiger charge is -2.05. The molecule has 2 N–H and O–H groups in total. The number of pyridine rings is 1. The third-order valence-corrected chi connectivity index (χ3v) is 2.18. The van der Waals surface area contributed by atoms with Crippen molar-refractivity contribution < 1.29 is 4.74 Å². The van der Waals surface area contributed by atoms with Crippen LogP contribution in [0.25, 0.3) is 0 Å². The zero-order chi connectivity index (χ0) is 11.4. The lowest BCUT2D eigenvalue weighted by atomic mass is 10.3. The first-order valence-electron chi connectivity index (χ1n) is 4.90. The first kappa shape index (κ1) is 10.6. The van der Waals surface area contributed by atoms with Gasteiger partial charge in [-0.1, -0.05) is 0 Å². The van der Waals surface area contributed by atoms with Gasteiger partial charge < -0.3 is 10.5 Å². The van der Waals surface area contributed by atoms with Crippen molar-refractivity contribution >= 4 is 0 Å². The molecule has 0 aliphatic heterocycles. The quantitative estimate of drug-likeness (QED) is 0.797. The SMILES string of the molecule is Cn1ncnc1COc1ccc(CN)nc1. The van der Waals surface area contributed by atoms with Crippen molar-refractivity contribution in [1.82, 2.24) is 19.7 Å². The van der Waals surface area contributed by atoms with Gasteiger partial charge in [-0.3, -0.25) is 9.67 Å². The van der Waals surface area contributed by atoms with Gasteiger partial charge in [-0.15, -0.1) is 0 Å². The predicted octanol–water partition coefficient (Wildman–Crippen LogP) is 0.248. The van der Waals surface area contributed by atoms with Gasteiger partial charge in [0.05, 0.1) is 11.9 Å². The van der Waals surface area contributed by atoms with Crippen molar-refractivity contribution in [2.45, 2.75) is 13.2 Å². The Balaban J connectivity index is 1.97. The van der Waals surface area contributed by atoms with Crippen LogP contribution in [-0.4, -0.2) is 19.7 Å².